The molecule has 1 saturated heterocycles. The van der Waals surface area contributed by atoms with Crippen molar-refractivity contribution < 1.29 is 5.11 Å². The lowest BCUT2D eigenvalue weighted by atomic mass is 9.84. The number of nitrogens with two attached hydrogens (primary N) is 1. The lowest BCUT2D eigenvalue weighted by molar-refractivity contribution is 0.112. The van der Waals surface area contributed by atoms with E-state index in [9.17, 15) is 5.11 Å². The third kappa shape index (κ3) is 3.74. The van der Waals surface area contributed by atoms with E-state index >= 15 is 0 Å². The molecular formula is C17H28N2O. The van der Waals surface area contributed by atoms with Crippen LogP contribution < -0.4 is 5.73 Å². The predicted octanol–water partition coefficient (Wildman–Crippen LogP) is 2.95. The monoisotopic (exact) mass is 276 g/mol. The van der Waals surface area contributed by atoms with E-state index in [2.05, 4.69) is 18.7 Å². The number of benzene rings is 1. The highest BCUT2D eigenvalue weighted by Crippen LogP contribution is 2.31. The number of phenols is 1. The van der Waals surface area contributed by atoms with Crippen LogP contribution in [0.2, 0.25) is 0 Å². The first-order chi connectivity index (χ1) is 9.61. The molecule has 0 radical (unpaired) electrons. The summed E-state index contributed by atoms with van der Waals surface area (Å²) in [4.78, 5) is 2.62. The van der Waals surface area contributed by atoms with Gasteiger partial charge in [0.25, 0.3) is 0 Å². The second kappa shape index (κ2) is 7.09. The van der Waals surface area contributed by atoms with E-state index in [4.69, 9.17) is 5.73 Å². The molecule has 1 aliphatic rings. The van der Waals surface area contributed by atoms with E-state index in [-0.39, 0.29) is 0 Å². The van der Waals surface area contributed by atoms with Crippen LogP contribution in [0.15, 0.2) is 24.3 Å². The van der Waals surface area contributed by atoms with E-state index in [0.29, 0.717) is 30.2 Å². The summed E-state index contributed by atoms with van der Waals surface area (Å²) < 4.78 is 0. The molecule has 0 aliphatic carbocycles. The summed E-state index contributed by atoms with van der Waals surface area (Å²) in [6.45, 7) is 7.58. The van der Waals surface area contributed by atoms with Crippen molar-refractivity contribution in [1.29, 1.82) is 0 Å². The van der Waals surface area contributed by atoms with Gasteiger partial charge in [0.1, 0.15) is 5.75 Å². The third-order valence-electron chi connectivity index (χ3n) is 4.30. The smallest absolute Gasteiger partial charge is 0.115 e. The largest absolute Gasteiger partial charge is 0.508 e. The zero-order valence-electron chi connectivity index (χ0n) is 12.8. The summed E-state index contributed by atoms with van der Waals surface area (Å²) in [5.41, 5.74) is 7.33. The first-order valence-electron chi connectivity index (χ1n) is 7.85. The number of likely N-dealkylation sites (tertiary alicyclic amines) is 1. The van der Waals surface area contributed by atoms with Crippen molar-refractivity contribution in [2.24, 2.45) is 11.7 Å². The maximum atomic E-state index is 9.45. The zero-order chi connectivity index (χ0) is 14.5. The Kier molecular flexibility index (Phi) is 5.44. The number of piperidine rings is 1. The van der Waals surface area contributed by atoms with E-state index in [1.165, 1.54) is 31.4 Å². The molecule has 0 saturated carbocycles. The molecule has 3 heteroatoms. The van der Waals surface area contributed by atoms with Crippen LogP contribution in [-0.4, -0.2) is 35.7 Å². The van der Waals surface area contributed by atoms with Crippen LogP contribution in [0.1, 0.15) is 44.6 Å². The Morgan fingerprint density at radius 2 is 1.95 bits per heavy atom. The second-order valence-electron chi connectivity index (χ2n) is 6.39. The fourth-order valence-electron chi connectivity index (χ4n) is 3.40. The molecule has 3 N–H and O–H groups in total. The molecule has 0 amide bonds. The molecule has 0 aromatic heterocycles. The minimum absolute atomic E-state index is 0.326. The molecule has 20 heavy (non-hydrogen) atoms. The van der Waals surface area contributed by atoms with Crippen LogP contribution in [0, 0.1) is 5.92 Å². The van der Waals surface area contributed by atoms with Crippen LogP contribution in [-0.2, 0) is 0 Å². The Morgan fingerprint density at radius 1 is 1.25 bits per heavy atom. The van der Waals surface area contributed by atoms with E-state index < -0.39 is 0 Å². The quantitative estimate of drug-likeness (QED) is 0.869. The van der Waals surface area contributed by atoms with Gasteiger partial charge in [0, 0.05) is 25.0 Å². The molecule has 2 unspecified atom stereocenters. The summed E-state index contributed by atoms with van der Waals surface area (Å²) in [5.74, 6) is 1.38. The van der Waals surface area contributed by atoms with Crippen molar-refractivity contribution in [2.45, 2.75) is 45.1 Å². The molecule has 2 rings (SSSR count). The fraction of sp³-hybridized carbons (Fsp3) is 0.647. The molecule has 1 aromatic rings. The van der Waals surface area contributed by atoms with Gasteiger partial charge in [-0.2, -0.15) is 0 Å². The summed E-state index contributed by atoms with van der Waals surface area (Å²) in [5, 5.41) is 9.45. The third-order valence-corrected chi connectivity index (χ3v) is 4.30. The van der Waals surface area contributed by atoms with Crippen LogP contribution >= 0.6 is 0 Å². The second-order valence-corrected chi connectivity index (χ2v) is 6.39. The zero-order valence-corrected chi connectivity index (χ0v) is 12.8. The Morgan fingerprint density at radius 3 is 2.55 bits per heavy atom. The summed E-state index contributed by atoms with van der Waals surface area (Å²) in [6, 6.07) is 8.13. The molecule has 0 spiro atoms. The Labute approximate surface area is 122 Å². The SMILES string of the molecule is CC(C)CN1CCCCC1C(CN)c1ccc(O)cc1. The minimum Gasteiger partial charge on any atom is -0.508 e. The molecule has 1 aromatic carbocycles. The maximum absolute atomic E-state index is 9.45. The summed E-state index contributed by atoms with van der Waals surface area (Å²) in [6.07, 6.45) is 3.83. The van der Waals surface area contributed by atoms with Gasteiger partial charge in [0.15, 0.2) is 0 Å². The van der Waals surface area contributed by atoms with Crippen molar-refractivity contribution in [3.63, 3.8) is 0 Å². The average molecular weight is 276 g/mol. The normalized spacial score (nSPS) is 22.1. The Balaban J connectivity index is 2.16. The van der Waals surface area contributed by atoms with Gasteiger partial charge in [-0.15, -0.1) is 0 Å². The molecule has 1 heterocycles. The number of hydrogen-bond donors (Lipinski definition) is 2. The number of hydrogen-bond acceptors (Lipinski definition) is 3. The van der Waals surface area contributed by atoms with Crippen molar-refractivity contribution in [3.05, 3.63) is 29.8 Å². The lowest BCUT2D eigenvalue weighted by Crippen LogP contribution is -2.46. The van der Waals surface area contributed by atoms with Crippen molar-refractivity contribution >= 4 is 0 Å². The van der Waals surface area contributed by atoms with Crippen molar-refractivity contribution in [1.82, 2.24) is 4.90 Å². The van der Waals surface area contributed by atoms with Crippen molar-refractivity contribution in [3.8, 4) is 5.75 Å². The van der Waals surface area contributed by atoms with Gasteiger partial charge in [-0.05, 0) is 43.0 Å². The molecule has 3 nitrogen and oxygen atoms in total. The molecule has 1 aliphatic heterocycles. The number of nitrogens with zero attached hydrogens (tertiary/aromatic N) is 1. The topological polar surface area (TPSA) is 49.5 Å². The van der Waals surface area contributed by atoms with E-state index in [0.717, 1.165) is 6.54 Å². The predicted molar refractivity (Wildman–Crippen MR) is 84.0 cm³/mol. The van der Waals surface area contributed by atoms with Crippen LogP contribution in [0.3, 0.4) is 0 Å². The van der Waals surface area contributed by atoms with Gasteiger partial charge in [0.2, 0.25) is 0 Å². The van der Waals surface area contributed by atoms with Gasteiger partial charge in [0.05, 0.1) is 0 Å². The minimum atomic E-state index is 0.326. The summed E-state index contributed by atoms with van der Waals surface area (Å²) in [7, 11) is 0. The molecule has 112 valence electrons. The standard InChI is InChI=1S/C17H28N2O/c1-13(2)12-19-10-4-3-5-17(19)16(11-18)14-6-8-15(20)9-7-14/h6-9,13,16-17,20H,3-5,10-12,18H2,1-2H3. The Hall–Kier alpha value is -1.06. The molecule has 1 fully saturated rings. The van der Waals surface area contributed by atoms with Crippen LogP contribution in [0.5, 0.6) is 5.75 Å². The van der Waals surface area contributed by atoms with Crippen LogP contribution in [0.25, 0.3) is 0 Å². The highest BCUT2D eigenvalue weighted by molar-refractivity contribution is 5.29. The van der Waals surface area contributed by atoms with Crippen LogP contribution in [0.4, 0.5) is 0 Å². The van der Waals surface area contributed by atoms with Gasteiger partial charge < -0.3 is 10.8 Å². The van der Waals surface area contributed by atoms with Gasteiger partial charge in [-0.1, -0.05) is 32.4 Å². The first-order valence-corrected chi connectivity index (χ1v) is 7.85. The van der Waals surface area contributed by atoms with Gasteiger partial charge in [-0.3, -0.25) is 4.90 Å². The fourth-order valence-corrected chi connectivity index (χ4v) is 3.40. The van der Waals surface area contributed by atoms with E-state index in [1.807, 2.05) is 12.1 Å². The van der Waals surface area contributed by atoms with E-state index in [1.54, 1.807) is 12.1 Å². The molecule has 2 atom stereocenters. The van der Waals surface area contributed by atoms with Gasteiger partial charge >= 0.3 is 0 Å². The lowest BCUT2D eigenvalue weighted by Gasteiger charge is -2.41. The highest BCUT2D eigenvalue weighted by atomic mass is 16.3. The van der Waals surface area contributed by atoms with Crippen molar-refractivity contribution in [2.75, 3.05) is 19.6 Å². The number of phenolic OH excluding ortho intramolecular Hbond substituents is 1. The summed E-state index contributed by atoms with van der Waals surface area (Å²) >= 11 is 0. The number of rotatable bonds is 5. The Bertz CT molecular complexity index is 402. The highest BCUT2D eigenvalue weighted by Gasteiger charge is 2.30. The number of aromatic hydroxyl groups is 1. The molecule has 0 bridgehead atoms. The average Bonchev–Trinajstić information content (AvgIpc) is 2.43. The van der Waals surface area contributed by atoms with Gasteiger partial charge in [-0.25, -0.2) is 0 Å². The first kappa shape index (κ1) is 15.3. The molecular weight excluding hydrogens is 248 g/mol. The maximum Gasteiger partial charge on any atom is 0.115 e.